The van der Waals surface area contributed by atoms with Crippen LogP contribution in [0.1, 0.15) is 104 Å². The summed E-state index contributed by atoms with van der Waals surface area (Å²) in [5.41, 5.74) is 2.52. The van der Waals surface area contributed by atoms with Crippen LogP contribution in [0.15, 0.2) is 54.1 Å². The van der Waals surface area contributed by atoms with E-state index in [-0.39, 0.29) is 53.2 Å². The zero-order chi connectivity index (χ0) is 54.6. The summed E-state index contributed by atoms with van der Waals surface area (Å²) < 4.78 is 29.8. The van der Waals surface area contributed by atoms with Crippen LogP contribution in [-0.4, -0.2) is 148 Å². The summed E-state index contributed by atoms with van der Waals surface area (Å²) in [6.45, 7) is 8.06. The average molecular weight is 1080 g/mol. The molecule has 3 heterocycles. The van der Waals surface area contributed by atoms with E-state index in [1.54, 1.807) is 46.2 Å². The monoisotopic (exact) mass is 1080 g/mol. The summed E-state index contributed by atoms with van der Waals surface area (Å²) in [5, 5.41) is 9.08. The van der Waals surface area contributed by atoms with Crippen molar-refractivity contribution in [3.63, 3.8) is 0 Å². The number of carbonyl (C=O) groups excluding carboxylic acids is 8. The minimum absolute atomic E-state index is 0.0159. The largest absolute Gasteiger partial charge is 0.495 e. The molecule has 1 saturated carbocycles. The number of fused-ring (bicyclic) bond motifs is 5. The Balaban J connectivity index is 1.00. The highest BCUT2D eigenvalue weighted by Crippen LogP contribution is 2.49. The Morgan fingerprint density at radius 1 is 1.05 bits per heavy atom. The number of likely N-dealkylation sites (N-methyl/N-ethyl adjacent to an activating group) is 1. The van der Waals surface area contributed by atoms with Crippen molar-refractivity contribution >= 4 is 77.3 Å². The van der Waals surface area contributed by atoms with E-state index in [1.165, 1.54) is 35.7 Å². The number of methoxy groups -OCH3 is 2. The number of allylic oxidation sites excluding steroid dienone is 3. The van der Waals surface area contributed by atoms with Crippen LogP contribution < -0.4 is 25.6 Å². The number of halogens is 1. The number of nitrogens with zero attached hydrogens (tertiary/aromatic N) is 2. The summed E-state index contributed by atoms with van der Waals surface area (Å²) in [5.74, 6) is -1.15. The number of amides is 5. The van der Waals surface area contributed by atoms with Crippen molar-refractivity contribution in [1.82, 2.24) is 20.9 Å². The Labute approximate surface area is 448 Å². The molecule has 5 amide bonds. The molecule has 2 aromatic carbocycles. The Kier molecular flexibility index (Phi) is 20.9. The number of thioether (sulfide) groups is 1. The maximum Gasteiger partial charge on any atom is 0.407 e. The standard InChI is InChI=1S/C55H72ClN5O13S/c1-32-10-9-11-43(70-7)41-26-44(72-54(69)59-41)33(2)51-55(4,74-51)46(27-49(66)61(6)42-24-37(22-32)25-45(71-8)50(42)56)73-53(68)34(3)60(5)48(65)19-21-75-31-47(64)58-28-36-13-15-38(16-14-36)52(67)57-20-18-35-12-17-39(29-62)40(23-35)30-63/h9-12,17,23-25,29-30,33-34,36,38,41,43-44,46,51H,13-16,18-22,26-28,31H2,1-8H3,(H,57,67)(H,58,64)(H,59,69)/b11-9-,32-10+/t33-,34+,36?,38?,41?,43-,44+,46-,51?,55+/m1/s1. The third kappa shape index (κ3) is 15.2. The molecule has 8 atom stereocenters. The predicted octanol–water partition coefficient (Wildman–Crippen LogP) is 6.22. The molecule has 2 unspecified atom stereocenters. The van der Waals surface area contributed by atoms with Crippen molar-refractivity contribution in [2.24, 2.45) is 17.8 Å². The van der Waals surface area contributed by atoms with Crippen LogP contribution in [0.25, 0.3) is 0 Å². The molecule has 18 nitrogen and oxygen atoms in total. The molecule has 0 radical (unpaired) electrons. The van der Waals surface area contributed by atoms with Gasteiger partial charge in [-0.2, -0.15) is 11.8 Å². The van der Waals surface area contributed by atoms with Crippen LogP contribution >= 0.6 is 23.4 Å². The van der Waals surface area contributed by atoms with Crippen molar-refractivity contribution in [3.8, 4) is 5.75 Å². The van der Waals surface area contributed by atoms with Gasteiger partial charge in [-0.15, -0.1) is 0 Å². The van der Waals surface area contributed by atoms with Gasteiger partial charge < -0.3 is 49.4 Å². The average Bonchev–Trinajstić information content (AvgIpc) is 4.10. The summed E-state index contributed by atoms with van der Waals surface area (Å²) in [6.07, 6.45) is 7.72. The van der Waals surface area contributed by atoms with Gasteiger partial charge in [0.05, 0.1) is 43.2 Å². The highest BCUT2D eigenvalue weighted by atomic mass is 35.5. The van der Waals surface area contributed by atoms with Crippen LogP contribution in [0.4, 0.5) is 10.5 Å². The lowest BCUT2D eigenvalue weighted by Gasteiger charge is -2.36. The van der Waals surface area contributed by atoms with E-state index < -0.39 is 66.0 Å². The maximum absolute atomic E-state index is 14.3. The fourth-order valence-corrected chi connectivity index (χ4v) is 11.1. The number of ether oxygens (including phenoxy) is 5. The van der Waals surface area contributed by atoms with Crippen LogP contribution in [0.5, 0.6) is 5.75 Å². The number of benzene rings is 2. The summed E-state index contributed by atoms with van der Waals surface area (Å²) in [7, 11) is 6.15. The second kappa shape index (κ2) is 26.8. The van der Waals surface area contributed by atoms with E-state index in [4.69, 9.17) is 35.3 Å². The van der Waals surface area contributed by atoms with Crippen LogP contribution in [-0.2, 0) is 55.8 Å². The Bertz CT molecular complexity index is 2500. The Hall–Kier alpha value is -5.76. The van der Waals surface area contributed by atoms with E-state index >= 15 is 0 Å². The Morgan fingerprint density at radius 2 is 1.79 bits per heavy atom. The predicted molar refractivity (Wildman–Crippen MR) is 284 cm³/mol. The molecule has 3 fully saturated rings. The highest BCUT2D eigenvalue weighted by molar-refractivity contribution is 7.99. The molecule has 0 spiro atoms. The minimum atomic E-state index is -1.19. The number of rotatable bonds is 18. The van der Waals surface area contributed by atoms with E-state index in [0.717, 1.165) is 29.5 Å². The molecular weight excluding hydrogens is 1010 g/mol. The lowest BCUT2D eigenvalue weighted by atomic mass is 9.81. The van der Waals surface area contributed by atoms with Gasteiger partial charge in [0.15, 0.2) is 12.6 Å². The first-order valence-corrected chi connectivity index (χ1v) is 27.1. The molecule has 2 saturated heterocycles. The molecule has 3 aliphatic heterocycles. The number of esters is 1. The first-order chi connectivity index (χ1) is 35.8. The van der Waals surface area contributed by atoms with Crippen LogP contribution in [0.2, 0.25) is 5.02 Å². The zero-order valence-electron chi connectivity index (χ0n) is 44.1. The van der Waals surface area contributed by atoms with E-state index in [0.29, 0.717) is 86.1 Å². The van der Waals surface area contributed by atoms with E-state index in [1.807, 2.05) is 44.2 Å². The lowest BCUT2D eigenvalue weighted by Crippen LogP contribution is -2.53. The van der Waals surface area contributed by atoms with Gasteiger partial charge in [0.25, 0.3) is 0 Å². The van der Waals surface area contributed by atoms with Gasteiger partial charge in [0.1, 0.15) is 34.6 Å². The van der Waals surface area contributed by atoms with Gasteiger partial charge in [-0.3, -0.25) is 28.8 Å². The van der Waals surface area contributed by atoms with Gasteiger partial charge >= 0.3 is 12.1 Å². The number of carbonyl (C=O) groups is 8. The van der Waals surface area contributed by atoms with E-state index in [2.05, 4.69) is 16.0 Å². The number of epoxide rings is 1. The molecule has 3 N–H and O–H groups in total. The Morgan fingerprint density at radius 3 is 2.48 bits per heavy atom. The van der Waals surface area contributed by atoms with Gasteiger partial charge in [-0.1, -0.05) is 54.5 Å². The van der Waals surface area contributed by atoms with Gasteiger partial charge in [-0.05, 0) is 94.5 Å². The molecule has 408 valence electrons. The first-order valence-electron chi connectivity index (χ1n) is 25.6. The lowest BCUT2D eigenvalue weighted by molar-refractivity contribution is -0.162. The molecule has 6 rings (SSSR count). The SMILES string of the molecule is COc1cc2cc(c1Cl)N(C)C(=O)C[C@@H](OC(=O)[C@H](C)N(C)C(=O)CCSCC(=O)NCC1CCC(C(=O)NCCc3ccc(C=O)c(C=O)c3)CC1)[C@]1(C)OC1[C@H](C)[C@@H]1CC(NC(=O)O1)[C@H](OC)/C=C\C=C(/C)C2. The van der Waals surface area contributed by atoms with Crippen molar-refractivity contribution < 1.29 is 62.0 Å². The normalized spacial score (nSPS) is 27.4. The van der Waals surface area contributed by atoms with Crippen molar-refractivity contribution in [2.45, 2.75) is 128 Å². The first kappa shape index (κ1) is 58.5. The summed E-state index contributed by atoms with van der Waals surface area (Å²) >= 11 is 8.13. The van der Waals surface area contributed by atoms with Crippen molar-refractivity contribution in [1.29, 1.82) is 0 Å². The number of hydrogen-bond donors (Lipinski definition) is 3. The second-order valence-electron chi connectivity index (χ2n) is 20.2. The molecular formula is C55H72ClN5O13S. The topological polar surface area (TPSA) is 229 Å². The second-order valence-corrected chi connectivity index (χ2v) is 21.7. The third-order valence-corrected chi connectivity index (χ3v) is 16.4. The minimum Gasteiger partial charge on any atom is -0.495 e. The quantitative estimate of drug-likeness (QED) is 0.0652. The smallest absolute Gasteiger partial charge is 0.407 e. The molecule has 0 aromatic heterocycles. The zero-order valence-corrected chi connectivity index (χ0v) is 45.7. The molecule has 2 aromatic rings. The fourth-order valence-electron chi connectivity index (χ4n) is 10.1. The number of anilines is 1. The summed E-state index contributed by atoms with van der Waals surface area (Å²) in [4.78, 5) is 106. The highest BCUT2D eigenvalue weighted by Gasteiger charge is 2.64. The number of alkyl carbamates (subject to hydrolysis) is 1. The summed E-state index contributed by atoms with van der Waals surface area (Å²) in [6, 6.07) is 7.18. The molecule has 4 bridgehead atoms. The number of nitrogens with one attached hydrogen (secondary N) is 3. The molecule has 75 heavy (non-hydrogen) atoms. The number of aldehydes is 2. The van der Waals surface area contributed by atoms with Gasteiger partial charge in [0, 0.05) is 75.9 Å². The number of hydrogen-bond acceptors (Lipinski definition) is 14. The van der Waals surface area contributed by atoms with Gasteiger partial charge in [-0.25, -0.2) is 9.59 Å². The molecule has 4 aliphatic rings. The van der Waals surface area contributed by atoms with Crippen molar-refractivity contribution in [2.75, 3.05) is 57.8 Å². The van der Waals surface area contributed by atoms with Gasteiger partial charge in [0.2, 0.25) is 23.6 Å². The van der Waals surface area contributed by atoms with Crippen LogP contribution in [0.3, 0.4) is 0 Å². The molecule has 1 aliphatic carbocycles. The van der Waals surface area contributed by atoms with Crippen molar-refractivity contribution in [3.05, 3.63) is 81.4 Å². The third-order valence-electron chi connectivity index (χ3n) is 15.1. The maximum atomic E-state index is 14.3. The van der Waals surface area contributed by atoms with Crippen LogP contribution in [0, 0.1) is 17.8 Å². The fraction of sp³-hybridized carbons (Fsp3) is 0.564. The molecule has 20 heteroatoms. The van der Waals surface area contributed by atoms with E-state index in [9.17, 15) is 38.4 Å².